The molecule has 8 heteroatoms. The maximum absolute atomic E-state index is 13.8. The first-order chi connectivity index (χ1) is 13.5. The van der Waals surface area contributed by atoms with Gasteiger partial charge in [0.1, 0.15) is 11.6 Å². The van der Waals surface area contributed by atoms with Crippen molar-refractivity contribution in [2.45, 2.75) is 13.3 Å². The lowest BCUT2D eigenvalue weighted by atomic mass is 10.0. The lowest BCUT2D eigenvalue weighted by molar-refractivity contribution is -0.142. The first kappa shape index (κ1) is 19.6. The summed E-state index contributed by atoms with van der Waals surface area (Å²) in [4.78, 5) is 15.7. The van der Waals surface area contributed by atoms with Crippen LogP contribution in [0.25, 0.3) is 11.1 Å². The number of nitrogens with zero attached hydrogens (tertiary/aromatic N) is 2. The number of carbonyl (C=O) groups is 1. The number of nitrogens with one attached hydrogen (secondary N) is 1. The number of benzene rings is 2. The minimum Gasteiger partial charge on any atom is -0.466 e. The monoisotopic (exact) mass is 401 g/mol. The zero-order chi connectivity index (χ0) is 19.9. The van der Waals surface area contributed by atoms with E-state index >= 15 is 0 Å². The van der Waals surface area contributed by atoms with Gasteiger partial charge in [-0.2, -0.15) is 5.10 Å². The molecule has 1 aromatic heterocycles. The molecule has 3 aromatic rings. The fraction of sp³-hybridized carbons (Fsp3) is 0.150. The van der Waals surface area contributed by atoms with Crippen molar-refractivity contribution in [3.63, 3.8) is 0 Å². The first-order valence-electron chi connectivity index (χ1n) is 8.49. The highest BCUT2D eigenvalue weighted by atomic mass is 32.1. The highest BCUT2D eigenvalue weighted by molar-refractivity contribution is 7.13. The molecule has 5 nitrogen and oxygen atoms in total. The molecule has 0 radical (unpaired) electrons. The van der Waals surface area contributed by atoms with Crippen molar-refractivity contribution >= 4 is 28.7 Å². The van der Waals surface area contributed by atoms with Gasteiger partial charge in [0.05, 0.1) is 24.9 Å². The van der Waals surface area contributed by atoms with Crippen LogP contribution in [0.4, 0.5) is 13.9 Å². The Kier molecular flexibility index (Phi) is 6.44. The quantitative estimate of drug-likeness (QED) is 0.356. The van der Waals surface area contributed by atoms with E-state index in [-0.39, 0.29) is 12.4 Å². The normalized spacial score (nSPS) is 11.0. The Morgan fingerprint density at radius 1 is 1.25 bits per heavy atom. The second-order valence-corrected chi connectivity index (χ2v) is 6.60. The molecule has 0 saturated heterocycles. The van der Waals surface area contributed by atoms with Gasteiger partial charge in [0.2, 0.25) is 5.13 Å². The van der Waals surface area contributed by atoms with Crippen LogP contribution in [0.5, 0.6) is 0 Å². The van der Waals surface area contributed by atoms with Gasteiger partial charge in [0, 0.05) is 17.0 Å². The van der Waals surface area contributed by atoms with E-state index in [0.717, 1.165) is 11.6 Å². The van der Waals surface area contributed by atoms with E-state index in [1.807, 2.05) is 0 Å². The van der Waals surface area contributed by atoms with Gasteiger partial charge in [-0.05, 0) is 30.2 Å². The Morgan fingerprint density at radius 3 is 2.75 bits per heavy atom. The molecular weight excluding hydrogens is 384 g/mol. The molecule has 0 bridgehead atoms. The predicted molar refractivity (Wildman–Crippen MR) is 105 cm³/mol. The number of rotatable bonds is 7. The van der Waals surface area contributed by atoms with E-state index in [1.165, 1.54) is 23.5 Å². The fourth-order valence-electron chi connectivity index (χ4n) is 2.43. The number of hydrazone groups is 1. The second-order valence-electron chi connectivity index (χ2n) is 5.74. The molecule has 144 valence electrons. The van der Waals surface area contributed by atoms with Gasteiger partial charge in [-0.1, -0.05) is 24.3 Å². The van der Waals surface area contributed by atoms with E-state index < -0.39 is 11.6 Å². The number of hydrogen-bond acceptors (Lipinski definition) is 6. The van der Waals surface area contributed by atoms with E-state index in [2.05, 4.69) is 15.5 Å². The van der Waals surface area contributed by atoms with Crippen LogP contribution in [-0.4, -0.2) is 23.8 Å². The summed E-state index contributed by atoms with van der Waals surface area (Å²) in [6.45, 7) is 2.09. The number of hydrogen-bond donors (Lipinski definition) is 1. The Hall–Kier alpha value is -3.13. The van der Waals surface area contributed by atoms with Crippen molar-refractivity contribution in [2.75, 3.05) is 12.0 Å². The van der Waals surface area contributed by atoms with Crippen molar-refractivity contribution in [3.05, 3.63) is 70.7 Å². The van der Waals surface area contributed by atoms with Crippen molar-refractivity contribution in [3.8, 4) is 11.1 Å². The number of esters is 1. The number of halogens is 2. The van der Waals surface area contributed by atoms with Crippen molar-refractivity contribution < 1.29 is 18.3 Å². The lowest BCUT2D eigenvalue weighted by Gasteiger charge is -2.04. The zero-order valence-corrected chi connectivity index (χ0v) is 15.8. The van der Waals surface area contributed by atoms with Crippen LogP contribution >= 0.6 is 11.3 Å². The van der Waals surface area contributed by atoms with Gasteiger partial charge in [0.25, 0.3) is 0 Å². The van der Waals surface area contributed by atoms with Gasteiger partial charge >= 0.3 is 5.97 Å². The summed E-state index contributed by atoms with van der Waals surface area (Å²) < 4.78 is 31.7. The minimum atomic E-state index is -0.608. The van der Waals surface area contributed by atoms with Crippen LogP contribution in [-0.2, 0) is 16.0 Å². The molecule has 0 aliphatic carbocycles. The number of anilines is 1. The summed E-state index contributed by atoms with van der Waals surface area (Å²) in [5, 5.41) is 6.43. The highest BCUT2D eigenvalue weighted by Crippen LogP contribution is 2.23. The summed E-state index contributed by atoms with van der Waals surface area (Å²) in [5.74, 6) is -1.53. The Labute approximate surface area is 164 Å². The molecule has 0 amide bonds. The van der Waals surface area contributed by atoms with E-state index in [0.29, 0.717) is 28.6 Å². The van der Waals surface area contributed by atoms with Gasteiger partial charge < -0.3 is 4.74 Å². The predicted octanol–water partition coefficient (Wildman–Crippen LogP) is 4.64. The topological polar surface area (TPSA) is 63.6 Å². The molecule has 1 N–H and O–H groups in total. The van der Waals surface area contributed by atoms with E-state index in [4.69, 9.17) is 4.74 Å². The number of ether oxygens (including phenoxy) is 1. The molecule has 0 aliphatic rings. The van der Waals surface area contributed by atoms with Crippen molar-refractivity contribution in [1.82, 2.24) is 4.98 Å². The van der Waals surface area contributed by atoms with Gasteiger partial charge in [-0.15, -0.1) is 11.3 Å². The van der Waals surface area contributed by atoms with E-state index in [1.54, 1.807) is 42.8 Å². The third-order valence-corrected chi connectivity index (χ3v) is 4.50. The average Bonchev–Trinajstić information content (AvgIpc) is 3.10. The summed E-state index contributed by atoms with van der Waals surface area (Å²) in [7, 11) is 0. The summed E-state index contributed by atoms with van der Waals surface area (Å²) in [6.07, 6.45) is 1.72. The molecule has 0 aliphatic heterocycles. The first-order valence-corrected chi connectivity index (χ1v) is 9.37. The summed E-state index contributed by atoms with van der Waals surface area (Å²) in [6, 6.07) is 10.5. The third-order valence-electron chi connectivity index (χ3n) is 3.71. The molecule has 3 rings (SSSR count). The average molecular weight is 401 g/mol. The van der Waals surface area contributed by atoms with Crippen molar-refractivity contribution in [2.24, 2.45) is 5.10 Å². The standard InChI is InChI=1S/C20H17F2N3O2S/c1-2-27-19(26)10-16-12-28-20(24-16)25-23-11-13-3-5-14(6-4-13)17-8-7-15(21)9-18(17)22/h3-9,11-12H,2,10H2,1H3,(H,24,25). The second kappa shape index (κ2) is 9.18. The number of carbonyl (C=O) groups excluding carboxylic acids is 1. The molecule has 0 unspecified atom stereocenters. The van der Waals surface area contributed by atoms with Crippen LogP contribution in [0.2, 0.25) is 0 Å². The molecule has 0 spiro atoms. The Bertz CT molecular complexity index is 987. The molecule has 0 fully saturated rings. The summed E-state index contributed by atoms with van der Waals surface area (Å²) in [5.41, 5.74) is 5.19. The van der Waals surface area contributed by atoms with Gasteiger partial charge in [0.15, 0.2) is 0 Å². The molecule has 0 saturated carbocycles. The van der Waals surface area contributed by atoms with Crippen molar-refractivity contribution in [1.29, 1.82) is 0 Å². The Balaban J connectivity index is 1.59. The Morgan fingerprint density at radius 2 is 2.04 bits per heavy atom. The highest BCUT2D eigenvalue weighted by Gasteiger charge is 2.08. The van der Waals surface area contributed by atoms with Crippen LogP contribution in [0.15, 0.2) is 52.9 Å². The number of aromatic nitrogens is 1. The third kappa shape index (κ3) is 5.20. The van der Waals surface area contributed by atoms with Crippen LogP contribution in [0, 0.1) is 11.6 Å². The van der Waals surface area contributed by atoms with Crippen LogP contribution in [0.3, 0.4) is 0 Å². The maximum Gasteiger partial charge on any atom is 0.311 e. The maximum atomic E-state index is 13.8. The molecular formula is C20H17F2N3O2S. The SMILES string of the molecule is CCOC(=O)Cc1csc(NN=Cc2ccc(-c3ccc(F)cc3F)cc2)n1. The minimum absolute atomic E-state index is 0.122. The van der Waals surface area contributed by atoms with Crippen LogP contribution in [0.1, 0.15) is 18.2 Å². The molecule has 2 aromatic carbocycles. The van der Waals surface area contributed by atoms with Gasteiger partial charge in [-0.25, -0.2) is 13.8 Å². The fourth-order valence-corrected chi connectivity index (χ4v) is 3.09. The largest absolute Gasteiger partial charge is 0.466 e. The molecule has 28 heavy (non-hydrogen) atoms. The number of thiazole rings is 1. The molecule has 1 heterocycles. The zero-order valence-electron chi connectivity index (χ0n) is 15.0. The smallest absolute Gasteiger partial charge is 0.311 e. The molecule has 0 atom stereocenters. The van der Waals surface area contributed by atoms with Crippen LogP contribution < -0.4 is 5.43 Å². The van der Waals surface area contributed by atoms with Gasteiger partial charge in [-0.3, -0.25) is 10.2 Å². The summed E-state index contributed by atoms with van der Waals surface area (Å²) >= 11 is 1.33. The van der Waals surface area contributed by atoms with E-state index in [9.17, 15) is 13.6 Å². The lowest BCUT2D eigenvalue weighted by Crippen LogP contribution is -2.07.